The molecule has 67 heavy (non-hydrogen) atoms. The Kier molecular flexibility index (Phi) is 17.6. The Morgan fingerprint density at radius 2 is 1.42 bits per heavy atom. The van der Waals surface area contributed by atoms with E-state index in [0.29, 0.717) is 30.9 Å². The predicted molar refractivity (Wildman–Crippen MR) is 263 cm³/mol. The third kappa shape index (κ3) is 13.9. The molecule has 13 nitrogen and oxygen atoms in total. The lowest BCUT2D eigenvalue weighted by Crippen LogP contribution is -2.57. The predicted octanol–water partition coefficient (Wildman–Crippen LogP) is 7.98. The maximum atomic E-state index is 14.0. The van der Waals surface area contributed by atoms with E-state index >= 15 is 0 Å². The van der Waals surface area contributed by atoms with Gasteiger partial charge in [-0.1, -0.05) is 81.4 Å². The third-order valence-corrected chi connectivity index (χ3v) is 12.8. The topological polar surface area (TPSA) is 190 Å². The number of phenolic OH excluding ortho intramolecular Hbond substituents is 2. The highest BCUT2D eigenvalue weighted by atomic mass is 35.5. The van der Waals surface area contributed by atoms with Crippen molar-refractivity contribution in [2.24, 2.45) is 5.41 Å². The van der Waals surface area contributed by atoms with Crippen LogP contribution in [0.5, 0.6) is 17.2 Å². The van der Waals surface area contributed by atoms with E-state index in [1.54, 1.807) is 35.6 Å². The van der Waals surface area contributed by atoms with Crippen LogP contribution >= 0.6 is 22.9 Å². The summed E-state index contributed by atoms with van der Waals surface area (Å²) < 4.78 is 5.94. The molecular weight excluding hydrogens is 890 g/mol. The van der Waals surface area contributed by atoms with Crippen molar-refractivity contribution in [3.63, 3.8) is 0 Å². The zero-order valence-corrected chi connectivity index (χ0v) is 40.0. The fourth-order valence-electron chi connectivity index (χ4n) is 8.06. The second-order valence-corrected chi connectivity index (χ2v) is 19.0. The van der Waals surface area contributed by atoms with Gasteiger partial charge < -0.3 is 40.9 Å². The molecule has 6 N–H and O–H groups in total. The lowest BCUT2D eigenvalue weighted by Gasteiger charge is -2.35. The normalized spacial score (nSPS) is 15.6. The number of aliphatic hydroxyl groups is 1. The van der Waals surface area contributed by atoms with Gasteiger partial charge in [0, 0.05) is 38.2 Å². The molecule has 5 aromatic rings. The van der Waals surface area contributed by atoms with E-state index in [0.717, 1.165) is 49.5 Å². The van der Waals surface area contributed by atoms with Crippen LogP contribution in [0.1, 0.15) is 87.2 Å². The van der Waals surface area contributed by atoms with Crippen molar-refractivity contribution in [2.75, 3.05) is 25.6 Å². The number of allylic oxidation sites excluding steroid dienone is 1. The number of ether oxygens (including phenoxy) is 1. The number of benzene rings is 4. The molecule has 2 heterocycles. The number of nitrogens with zero attached hydrogens (tertiary/aromatic N) is 2. The van der Waals surface area contributed by atoms with E-state index in [1.165, 1.54) is 4.90 Å². The van der Waals surface area contributed by atoms with E-state index in [4.69, 9.17) is 16.3 Å². The van der Waals surface area contributed by atoms with Gasteiger partial charge in [0.1, 0.15) is 35.9 Å². The van der Waals surface area contributed by atoms with Gasteiger partial charge in [-0.2, -0.15) is 0 Å². The Hall–Kier alpha value is -6.22. The van der Waals surface area contributed by atoms with Gasteiger partial charge in [0.2, 0.25) is 23.6 Å². The molecule has 4 aromatic carbocycles. The number of rotatable bonds is 20. The first-order chi connectivity index (χ1) is 32.1. The molecule has 0 spiro atoms. The summed E-state index contributed by atoms with van der Waals surface area (Å²) in [6, 6.07) is 27.6. The van der Waals surface area contributed by atoms with E-state index in [1.807, 2.05) is 106 Å². The smallest absolute Gasteiger partial charge is 0.246 e. The van der Waals surface area contributed by atoms with Gasteiger partial charge in [0.15, 0.2) is 0 Å². The molecule has 1 aromatic heterocycles. The molecule has 6 rings (SSSR count). The summed E-state index contributed by atoms with van der Waals surface area (Å²) in [6.07, 6.45) is 0.966. The van der Waals surface area contributed by atoms with E-state index in [9.17, 15) is 34.5 Å². The number of aliphatic hydroxyl groups excluding tert-OH is 1. The number of nitrogens with one attached hydrogen (secondary N) is 3. The van der Waals surface area contributed by atoms with Crippen LogP contribution in [0.4, 0.5) is 0 Å². The third-order valence-electron chi connectivity index (χ3n) is 11.6. The summed E-state index contributed by atoms with van der Waals surface area (Å²) in [4.78, 5) is 60.1. The number of carbonyl (C=O) groups excluding carboxylic acids is 4. The highest BCUT2D eigenvalue weighted by Crippen LogP contribution is 2.37. The lowest BCUT2D eigenvalue weighted by atomic mass is 9.85. The highest BCUT2D eigenvalue weighted by Gasteiger charge is 2.44. The largest absolute Gasteiger partial charge is 0.508 e. The summed E-state index contributed by atoms with van der Waals surface area (Å²) in [6.45, 7) is 8.22. The fraction of sp³-hybridized carbons (Fsp3) is 0.365. The maximum absolute atomic E-state index is 14.0. The van der Waals surface area contributed by atoms with E-state index in [2.05, 4.69) is 20.9 Å². The molecule has 0 saturated carbocycles. The van der Waals surface area contributed by atoms with Gasteiger partial charge in [-0.05, 0) is 107 Å². The van der Waals surface area contributed by atoms with Crippen LogP contribution < -0.4 is 20.7 Å². The standard InChI is InChI=1S/C52H60ClN5O8S/c1-33-48(67-32-56-33)38-11-9-34(10-12-38)30-55-50(64)44-29-41(61)31-58(44)51(65)49(52(2,3)4)57-46(63)8-6-5-7-45(62)54-27-28-66-42-23-17-37(18-24-42)47(36-15-21-40(60)22-16-36)43(25-26-53)35-13-19-39(59)20-14-35/h9-24,32,41,44,49,59-61H,5-8,25-31H2,1-4H3,(H,54,62)(H,55,64)(H,57,63)/t41-,44+,49-/m1/s1. The quantitative estimate of drug-likeness (QED) is 0.0255. The number of hydrogen-bond donors (Lipinski definition) is 6. The van der Waals surface area contributed by atoms with Gasteiger partial charge in [-0.3, -0.25) is 19.2 Å². The first-order valence-electron chi connectivity index (χ1n) is 22.5. The minimum absolute atomic E-state index is 0.0194. The van der Waals surface area contributed by atoms with Gasteiger partial charge in [-0.15, -0.1) is 22.9 Å². The van der Waals surface area contributed by atoms with Crippen LogP contribution in [0.3, 0.4) is 0 Å². The number of hydrogen-bond acceptors (Lipinski definition) is 10. The molecule has 0 radical (unpaired) electrons. The molecule has 1 aliphatic rings. The number of phenols is 2. The van der Waals surface area contributed by atoms with Crippen LogP contribution in [0.15, 0.2) is 103 Å². The SMILES string of the molecule is Cc1ncsc1-c1ccc(CNC(=O)[C@@H]2C[C@@H](O)CN2C(=O)[C@@H](NC(=O)CCCCC(=O)NCCOc2ccc(C(=C(CCCl)c3ccc(O)cc3)c3ccc(O)cc3)cc2)C(C)(C)C)cc1. The van der Waals surface area contributed by atoms with Crippen molar-refractivity contribution >= 4 is 57.7 Å². The molecule has 1 fully saturated rings. The second kappa shape index (κ2) is 23.5. The zero-order valence-electron chi connectivity index (χ0n) is 38.4. The fourth-order valence-corrected chi connectivity index (χ4v) is 9.06. The van der Waals surface area contributed by atoms with Gasteiger partial charge >= 0.3 is 0 Å². The monoisotopic (exact) mass is 949 g/mol. The van der Waals surface area contributed by atoms with Crippen molar-refractivity contribution < 1.29 is 39.2 Å². The average molecular weight is 951 g/mol. The average Bonchev–Trinajstić information content (AvgIpc) is 3.93. The molecule has 0 unspecified atom stereocenters. The minimum atomic E-state index is -0.945. The van der Waals surface area contributed by atoms with Crippen molar-refractivity contribution in [3.05, 3.63) is 131 Å². The molecule has 0 aliphatic carbocycles. The number of halogens is 1. The molecule has 354 valence electrons. The molecule has 4 amide bonds. The summed E-state index contributed by atoms with van der Waals surface area (Å²) in [5.41, 5.74) is 8.63. The zero-order chi connectivity index (χ0) is 48.1. The molecule has 0 bridgehead atoms. The molecule has 1 saturated heterocycles. The van der Waals surface area contributed by atoms with Crippen molar-refractivity contribution in [2.45, 2.75) is 91.0 Å². The number of likely N-dealkylation sites (tertiary alicyclic amines) is 1. The van der Waals surface area contributed by atoms with Gasteiger partial charge in [0.25, 0.3) is 0 Å². The number of carbonyl (C=O) groups is 4. The van der Waals surface area contributed by atoms with E-state index < -0.39 is 29.5 Å². The van der Waals surface area contributed by atoms with Crippen LogP contribution in [0.25, 0.3) is 21.6 Å². The Labute approximate surface area is 401 Å². The minimum Gasteiger partial charge on any atom is -0.508 e. The van der Waals surface area contributed by atoms with Gasteiger partial charge in [0.05, 0.1) is 28.7 Å². The Balaban J connectivity index is 0.938. The number of amides is 4. The first kappa shape index (κ1) is 50.2. The van der Waals surface area contributed by atoms with Crippen molar-refractivity contribution in [1.82, 2.24) is 25.8 Å². The van der Waals surface area contributed by atoms with Crippen molar-refractivity contribution in [3.8, 4) is 27.7 Å². The van der Waals surface area contributed by atoms with E-state index in [-0.39, 0.29) is 74.7 Å². The summed E-state index contributed by atoms with van der Waals surface area (Å²) >= 11 is 7.84. The van der Waals surface area contributed by atoms with Crippen molar-refractivity contribution in [1.29, 1.82) is 0 Å². The summed E-state index contributed by atoms with van der Waals surface area (Å²) in [5.74, 6) is -0.0110. The van der Waals surface area contributed by atoms with Gasteiger partial charge in [-0.25, -0.2) is 4.98 Å². The molecule has 3 atom stereocenters. The maximum Gasteiger partial charge on any atom is 0.246 e. The number of unbranched alkanes of at least 4 members (excludes halogenated alkanes) is 1. The Bertz CT molecular complexity index is 2490. The number of aryl methyl sites for hydroxylation is 1. The number of aromatic hydroxyl groups is 2. The lowest BCUT2D eigenvalue weighted by molar-refractivity contribution is -0.144. The number of β-amino-alcohol motifs (C(OH)–C–C–N with tert-alkyl or cyclic N) is 1. The number of thiazole rings is 1. The number of aromatic nitrogens is 1. The Morgan fingerprint density at radius 3 is 2.00 bits per heavy atom. The second-order valence-electron chi connectivity index (χ2n) is 17.8. The van der Waals surface area contributed by atoms with Crippen LogP contribution in [-0.2, 0) is 25.7 Å². The van der Waals surface area contributed by atoms with Crippen LogP contribution in [0.2, 0.25) is 0 Å². The van der Waals surface area contributed by atoms with Crippen LogP contribution in [0, 0.1) is 12.3 Å². The summed E-state index contributed by atoms with van der Waals surface area (Å²) in [7, 11) is 0. The molecule has 15 heteroatoms. The number of alkyl halides is 1. The summed E-state index contributed by atoms with van der Waals surface area (Å²) in [5, 5.41) is 39.1. The first-order valence-corrected chi connectivity index (χ1v) is 24.0. The molecule has 1 aliphatic heterocycles. The highest BCUT2D eigenvalue weighted by molar-refractivity contribution is 7.13. The Morgan fingerprint density at radius 1 is 0.821 bits per heavy atom. The molecular formula is C52H60ClN5O8S. The van der Waals surface area contributed by atoms with Crippen LogP contribution in [-0.4, -0.2) is 92.6 Å².